The minimum absolute atomic E-state index is 0.0730. The Hall–Kier alpha value is -3.09. The first-order valence-corrected chi connectivity index (χ1v) is 8.24. The Balaban J connectivity index is 2.33. The molecule has 2 rings (SSSR count). The minimum Gasteiger partial charge on any atom is -0.494 e. The second kappa shape index (κ2) is 8.33. The van der Waals surface area contributed by atoms with E-state index in [1.807, 2.05) is 6.92 Å². The largest absolute Gasteiger partial charge is 0.494 e. The Morgan fingerprint density at radius 2 is 1.69 bits per heavy atom. The van der Waals surface area contributed by atoms with Gasteiger partial charge in [-0.25, -0.2) is 4.79 Å². The monoisotopic (exact) mass is 359 g/mol. The van der Waals surface area contributed by atoms with Crippen molar-refractivity contribution in [1.29, 1.82) is 0 Å². The molecule has 0 atom stereocenters. The van der Waals surface area contributed by atoms with Gasteiger partial charge in [0.2, 0.25) is 5.88 Å². The average Bonchev–Trinajstić information content (AvgIpc) is 2.92. The number of carbonyl (C=O) groups excluding carboxylic acids is 3. The van der Waals surface area contributed by atoms with Crippen LogP contribution in [0, 0.1) is 6.92 Å². The molecule has 2 aromatic rings. The molecule has 0 spiro atoms. The van der Waals surface area contributed by atoms with Gasteiger partial charge in [0.15, 0.2) is 5.78 Å². The molecule has 0 aliphatic heterocycles. The molecule has 1 N–H and O–H groups in total. The highest BCUT2D eigenvalue weighted by Crippen LogP contribution is 2.29. The van der Waals surface area contributed by atoms with Crippen molar-refractivity contribution in [3.8, 4) is 5.75 Å². The van der Waals surface area contributed by atoms with Crippen molar-refractivity contribution in [1.82, 2.24) is 0 Å². The van der Waals surface area contributed by atoms with Gasteiger partial charge in [0.25, 0.3) is 5.91 Å². The van der Waals surface area contributed by atoms with Crippen molar-refractivity contribution >= 4 is 23.5 Å². The first-order valence-electron chi connectivity index (χ1n) is 8.24. The summed E-state index contributed by atoms with van der Waals surface area (Å²) in [5.74, 6) is -0.786. The Kier molecular flexibility index (Phi) is 6.16. The molecule has 1 heterocycles. The summed E-state index contributed by atoms with van der Waals surface area (Å²) in [6.07, 6.45) is 0. The van der Waals surface area contributed by atoms with Crippen LogP contribution in [0.2, 0.25) is 0 Å². The third-order valence-corrected chi connectivity index (χ3v) is 3.57. The van der Waals surface area contributed by atoms with Gasteiger partial charge in [-0.05, 0) is 52.0 Å². The minimum atomic E-state index is -0.725. The van der Waals surface area contributed by atoms with Gasteiger partial charge in [0.05, 0.1) is 18.8 Å². The fraction of sp³-hybridized carbons (Fsp3) is 0.316. The van der Waals surface area contributed by atoms with Crippen molar-refractivity contribution in [2.45, 2.75) is 27.7 Å². The fourth-order valence-electron chi connectivity index (χ4n) is 2.50. The topological polar surface area (TPSA) is 94.8 Å². The van der Waals surface area contributed by atoms with Gasteiger partial charge in [-0.1, -0.05) is 0 Å². The molecule has 0 fully saturated rings. The summed E-state index contributed by atoms with van der Waals surface area (Å²) in [4.78, 5) is 36.6. The molecule has 7 nitrogen and oxygen atoms in total. The van der Waals surface area contributed by atoms with Crippen molar-refractivity contribution in [3.05, 3.63) is 46.7 Å². The van der Waals surface area contributed by atoms with E-state index in [2.05, 4.69) is 5.32 Å². The normalized spacial score (nSPS) is 10.3. The third kappa shape index (κ3) is 4.11. The second-order valence-electron chi connectivity index (χ2n) is 5.43. The zero-order valence-electron chi connectivity index (χ0n) is 15.2. The first kappa shape index (κ1) is 19.2. The zero-order chi connectivity index (χ0) is 19.3. The van der Waals surface area contributed by atoms with E-state index in [-0.39, 0.29) is 35.2 Å². The number of carbonyl (C=O) groups is 3. The number of rotatable bonds is 7. The van der Waals surface area contributed by atoms with Crippen molar-refractivity contribution in [2.75, 3.05) is 18.5 Å². The van der Waals surface area contributed by atoms with Crippen molar-refractivity contribution < 1.29 is 28.3 Å². The summed E-state index contributed by atoms with van der Waals surface area (Å²) in [6, 6.07) is 6.51. The van der Waals surface area contributed by atoms with Gasteiger partial charge in [-0.15, -0.1) is 0 Å². The zero-order valence-corrected chi connectivity index (χ0v) is 15.2. The van der Waals surface area contributed by atoms with Gasteiger partial charge in [-0.2, -0.15) is 0 Å². The van der Waals surface area contributed by atoms with Crippen LogP contribution < -0.4 is 10.1 Å². The van der Waals surface area contributed by atoms with E-state index in [9.17, 15) is 14.4 Å². The second-order valence-corrected chi connectivity index (χ2v) is 5.43. The highest BCUT2D eigenvalue weighted by atomic mass is 16.5. The molecule has 0 unspecified atom stereocenters. The van der Waals surface area contributed by atoms with Gasteiger partial charge < -0.3 is 13.9 Å². The summed E-state index contributed by atoms with van der Waals surface area (Å²) >= 11 is 0. The van der Waals surface area contributed by atoms with Crippen LogP contribution >= 0.6 is 0 Å². The van der Waals surface area contributed by atoms with Gasteiger partial charge in [0.1, 0.15) is 17.1 Å². The molecule has 1 aromatic heterocycles. The van der Waals surface area contributed by atoms with Crippen LogP contribution in [0.25, 0.3) is 0 Å². The number of hydrogen-bond donors (Lipinski definition) is 1. The Labute approximate surface area is 151 Å². The van der Waals surface area contributed by atoms with Gasteiger partial charge in [0, 0.05) is 5.56 Å². The molecule has 7 heteroatoms. The van der Waals surface area contributed by atoms with E-state index in [4.69, 9.17) is 13.9 Å². The number of esters is 1. The summed E-state index contributed by atoms with van der Waals surface area (Å²) in [5, 5.41) is 2.53. The number of nitrogens with one attached hydrogen (secondary N) is 1. The van der Waals surface area contributed by atoms with Crippen LogP contribution in [0.15, 0.2) is 28.7 Å². The lowest BCUT2D eigenvalue weighted by Gasteiger charge is -2.07. The molecule has 26 heavy (non-hydrogen) atoms. The van der Waals surface area contributed by atoms with Crippen LogP contribution in [-0.4, -0.2) is 30.9 Å². The smallest absolute Gasteiger partial charge is 0.344 e. The number of Topliss-reactive ketones (excluding diaryl/α,β-unsaturated/α-hetero) is 1. The van der Waals surface area contributed by atoms with E-state index in [1.165, 1.54) is 6.92 Å². The number of benzene rings is 1. The lowest BCUT2D eigenvalue weighted by Crippen LogP contribution is -2.16. The van der Waals surface area contributed by atoms with Crippen molar-refractivity contribution in [2.24, 2.45) is 0 Å². The van der Waals surface area contributed by atoms with Crippen LogP contribution in [0.4, 0.5) is 5.88 Å². The standard InChI is InChI=1S/C19H21NO6/c1-5-24-14-9-7-13(8-10-14)17(22)20-18-16(19(23)25-6-2)15(11(3)21)12(4)26-18/h7-10H,5-6H2,1-4H3,(H,20,22). The molecule has 1 aromatic carbocycles. The highest BCUT2D eigenvalue weighted by molar-refractivity contribution is 6.12. The summed E-state index contributed by atoms with van der Waals surface area (Å²) in [5.41, 5.74) is 0.378. The van der Waals surface area contributed by atoms with E-state index in [0.717, 1.165) is 0 Å². The van der Waals surface area contributed by atoms with E-state index in [1.54, 1.807) is 38.1 Å². The van der Waals surface area contributed by atoms with Crippen molar-refractivity contribution in [3.63, 3.8) is 0 Å². The molecular formula is C19H21NO6. The fourth-order valence-corrected chi connectivity index (χ4v) is 2.50. The summed E-state index contributed by atoms with van der Waals surface area (Å²) in [7, 11) is 0. The predicted molar refractivity (Wildman–Crippen MR) is 95.0 cm³/mol. The molecule has 1 amide bonds. The predicted octanol–water partition coefficient (Wildman–Crippen LogP) is 3.62. The van der Waals surface area contributed by atoms with Crippen LogP contribution in [0.1, 0.15) is 57.6 Å². The quantitative estimate of drug-likeness (QED) is 0.599. The number of aryl methyl sites for hydroxylation is 1. The first-order chi connectivity index (χ1) is 12.4. The molecule has 0 bridgehead atoms. The summed E-state index contributed by atoms with van der Waals surface area (Å²) in [6.45, 7) is 7.03. The highest BCUT2D eigenvalue weighted by Gasteiger charge is 2.28. The van der Waals surface area contributed by atoms with E-state index < -0.39 is 11.9 Å². The van der Waals surface area contributed by atoms with Gasteiger partial charge >= 0.3 is 5.97 Å². The van der Waals surface area contributed by atoms with E-state index >= 15 is 0 Å². The van der Waals surface area contributed by atoms with Gasteiger partial charge in [-0.3, -0.25) is 14.9 Å². The lowest BCUT2D eigenvalue weighted by atomic mass is 10.1. The maximum Gasteiger partial charge on any atom is 0.344 e. The average molecular weight is 359 g/mol. The van der Waals surface area contributed by atoms with Crippen LogP contribution in [-0.2, 0) is 4.74 Å². The number of ether oxygens (including phenoxy) is 2. The molecule has 0 radical (unpaired) electrons. The number of ketones is 1. The molecule has 0 aliphatic rings. The molecule has 0 saturated carbocycles. The molecule has 138 valence electrons. The Bertz CT molecular complexity index is 819. The SMILES string of the molecule is CCOC(=O)c1c(NC(=O)c2ccc(OCC)cc2)oc(C)c1C(C)=O. The maximum absolute atomic E-state index is 12.5. The Morgan fingerprint density at radius 3 is 2.23 bits per heavy atom. The Morgan fingerprint density at radius 1 is 1.04 bits per heavy atom. The summed E-state index contributed by atoms with van der Waals surface area (Å²) < 4.78 is 15.8. The van der Waals surface area contributed by atoms with E-state index in [0.29, 0.717) is 17.9 Å². The number of amides is 1. The molecule has 0 saturated heterocycles. The van der Waals surface area contributed by atoms with Crippen LogP contribution in [0.5, 0.6) is 5.75 Å². The number of anilines is 1. The molecular weight excluding hydrogens is 338 g/mol. The lowest BCUT2D eigenvalue weighted by molar-refractivity contribution is 0.0524. The maximum atomic E-state index is 12.5. The third-order valence-electron chi connectivity index (χ3n) is 3.57. The van der Waals surface area contributed by atoms with Crippen LogP contribution in [0.3, 0.4) is 0 Å². The number of hydrogen-bond acceptors (Lipinski definition) is 6. The molecule has 0 aliphatic carbocycles. The number of furan rings is 1.